The number of rotatable bonds is 6. The second-order valence-corrected chi connectivity index (χ2v) is 5.89. The lowest BCUT2D eigenvalue weighted by Gasteiger charge is -2.27. The maximum absolute atomic E-state index is 11.0. The van der Waals surface area contributed by atoms with Gasteiger partial charge in [-0.25, -0.2) is 0 Å². The summed E-state index contributed by atoms with van der Waals surface area (Å²) in [4.78, 5) is 15.3. The SMILES string of the molecule is CC(C)(CNCC(C)(C)c1ccccn1)C(=O)O. The Balaban J connectivity index is 2.56. The Hall–Kier alpha value is -1.42. The topological polar surface area (TPSA) is 62.2 Å². The van der Waals surface area contributed by atoms with E-state index in [0.29, 0.717) is 13.1 Å². The minimum atomic E-state index is -0.786. The number of carbonyl (C=O) groups is 1. The summed E-state index contributed by atoms with van der Waals surface area (Å²) < 4.78 is 0. The molecule has 100 valence electrons. The highest BCUT2D eigenvalue weighted by Crippen LogP contribution is 2.20. The van der Waals surface area contributed by atoms with E-state index in [4.69, 9.17) is 5.11 Å². The highest BCUT2D eigenvalue weighted by atomic mass is 16.4. The van der Waals surface area contributed by atoms with Crippen LogP contribution in [0.15, 0.2) is 24.4 Å². The first kappa shape index (κ1) is 14.6. The predicted molar refractivity (Wildman–Crippen MR) is 71.5 cm³/mol. The van der Waals surface area contributed by atoms with Crippen molar-refractivity contribution in [3.63, 3.8) is 0 Å². The van der Waals surface area contributed by atoms with Crippen LogP contribution in [0.2, 0.25) is 0 Å². The molecule has 4 heteroatoms. The Morgan fingerprint density at radius 3 is 2.44 bits per heavy atom. The van der Waals surface area contributed by atoms with Gasteiger partial charge in [0.1, 0.15) is 0 Å². The fraction of sp³-hybridized carbons (Fsp3) is 0.571. The van der Waals surface area contributed by atoms with Crippen molar-refractivity contribution in [3.05, 3.63) is 30.1 Å². The zero-order chi connectivity index (χ0) is 13.8. The molecule has 0 radical (unpaired) electrons. The summed E-state index contributed by atoms with van der Waals surface area (Å²) in [5, 5.41) is 12.3. The van der Waals surface area contributed by atoms with E-state index in [1.165, 1.54) is 0 Å². The van der Waals surface area contributed by atoms with E-state index in [1.807, 2.05) is 18.2 Å². The molecule has 0 fully saturated rings. The van der Waals surface area contributed by atoms with Crippen LogP contribution in [0.25, 0.3) is 0 Å². The molecule has 0 aromatic carbocycles. The Labute approximate surface area is 108 Å². The maximum Gasteiger partial charge on any atom is 0.310 e. The van der Waals surface area contributed by atoms with E-state index in [9.17, 15) is 4.79 Å². The third kappa shape index (κ3) is 3.81. The molecule has 0 saturated heterocycles. The van der Waals surface area contributed by atoms with E-state index in [2.05, 4.69) is 24.1 Å². The smallest absolute Gasteiger partial charge is 0.310 e. The number of hydrogen-bond donors (Lipinski definition) is 2. The number of carboxylic acid groups (broad SMARTS) is 1. The first-order valence-electron chi connectivity index (χ1n) is 6.11. The fourth-order valence-corrected chi connectivity index (χ4v) is 1.62. The summed E-state index contributed by atoms with van der Waals surface area (Å²) >= 11 is 0. The molecule has 1 aromatic heterocycles. The number of nitrogens with one attached hydrogen (secondary N) is 1. The molecule has 0 saturated carbocycles. The Bertz CT molecular complexity index is 400. The molecular formula is C14H22N2O2. The molecule has 0 atom stereocenters. The monoisotopic (exact) mass is 250 g/mol. The van der Waals surface area contributed by atoms with Gasteiger partial charge in [-0.05, 0) is 26.0 Å². The summed E-state index contributed by atoms with van der Waals surface area (Å²) in [6, 6.07) is 5.84. The van der Waals surface area contributed by atoms with Crippen molar-refractivity contribution < 1.29 is 9.90 Å². The van der Waals surface area contributed by atoms with Crippen LogP contribution in [0.4, 0.5) is 0 Å². The summed E-state index contributed by atoms with van der Waals surface area (Å²) in [7, 11) is 0. The first-order valence-corrected chi connectivity index (χ1v) is 6.11. The molecule has 1 rings (SSSR count). The average Bonchev–Trinajstić information content (AvgIpc) is 2.29. The van der Waals surface area contributed by atoms with E-state index in [-0.39, 0.29) is 5.41 Å². The first-order chi connectivity index (χ1) is 8.26. The minimum Gasteiger partial charge on any atom is -0.481 e. The van der Waals surface area contributed by atoms with Gasteiger partial charge in [0.05, 0.1) is 5.41 Å². The lowest BCUT2D eigenvalue weighted by molar-refractivity contribution is -0.146. The van der Waals surface area contributed by atoms with Gasteiger partial charge in [-0.3, -0.25) is 9.78 Å². The Morgan fingerprint density at radius 1 is 1.28 bits per heavy atom. The highest BCUT2D eigenvalue weighted by molar-refractivity contribution is 5.73. The summed E-state index contributed by atoms with van der Waals surface area (Å²) in [6.45, 7) is 8.76. The van der Waals surface area contributed by atoms with Crippen LogP contribution < -0.4 is 5.32 Å². The largest absolute Gasteiger partial charge is 0.481 e. The Morgan fingerprint density at radius 2 is 1.94 bits per heavy atom. The fourth-order valence-electron chi connectivity index (χ4n) is 1.62. The van der Waals surface area contributed by atoms with Gasteiger partial charge < -0.3 is 10.4 Å². The number of aromatic nitrogens is 1. The highest BCUT2D eigenvalue weighted by Gasteiger charge is 2.28. The minimum absolute atomic E-state index is 0.115. The van der Waals surface area contributed by atoms with Crippen LogP contribution in [0.3, 0.4) is 0 Å². The number of nitrogens with zero attached hydrogens (tertiary/aromatic N) is 1. The van der Waals surface area contributed by atoms with Crippen molar-refractivity contribution in [2.45, 2.75) is 33.1 Å². The van der Waals surface area contributed by atoms with Gasteiger partial charge in [0.2, 0.25) is 0 Å². The lowest BCUT2D eigenvalue weighted by Crippen LogP contribution is -2.41. The van der Waals surface area contributed by atoms with Crippen molar-refractivity contribution in [1.29, 1.82) is 0 Å². The molecule has 0 aliphatic carbocycles. The molecule has 0 unspecified atom stereocenters. The van der Waals surface area contributed by atoms with Crippen molar-refractivity contribution in [3.8, 4) is 0 Å². The number of aliphatic carboxylic acids is 1. The summed E-state index contributed by atoms with van der Waals surface area (Å²) in [5.74, 6) is -0.786. The van der Waals surface area contributed by atoms with E-state index in [0.717, 1.165) is 5.69 Å². The van der Waals surface area contributed by atoms with Gasteiger partial charge in [-0.1, -0.05) is 19.9 Å². The van der Waals surface area contributed by atoms with E-state index >= 15 is 0 Å². The van der Waals surface area contributed by atoms with Gasteiger partial charge in [-0.2, -0.15) is 0 Å². The lowest BCUT2D eigenvalue weighted by atomic mass is 9.87. The van der Waals surface area contributed by atoms with Gasteiger partial charge in [0, 0.05) is 30.4 Å². The molecule has 18 heavy (non-hydrogen) atoms. The molecule has 0 aliphatic heterocycles. The third-order valence-electron chi connectivity index (χ3n) is 3.07. The predicted octanol–water partition coefficient (Wildman–Crippen LogP) is 2.06. The van der Waals surface area contributed by atoms with Gasteiger partial charge >= 0.3 is 5.97 Å². The number of carboxylic acids is 1. The standard InChI is InChI=1S/C14H22N2O2/c1-13(2,11-7-5-6-8-16-11)9-15-10-14(3,4)12(17)18/h5-8,15H,9-10H2,1-4H3,(H,17,18). The quantitative estimate of drug-likeness (QED) is 0.811. The zero-order valence-electron chi connectivity index (χ0n) is 11.5. The molecule has 0 amide bonds. The third-order valence-corrected chi connectivity index (χ3v) is 3.07. The van der Waals surface area contributed by atoms with Crippen LogP contribution in [0.5, 0.6) is 0 Å². The number of hydrogen-bond acceptors (Lipinski definition) is 3. The molecule has 0 bridgehead atoms. The van der Waals surface area contributed by atoms with Crippen LogP contribution in [0.1, 0.15) is 33.4 Å². The van der Waals surface area contributed by atoms with Gasteiger partial charge in [0.15, 0.2) is 0 Å². The van der Waals surface area contributed by atoms with Crippen LogP contribution in [-0.4, -0.2) is 29.1 Å². The number of pyridine rings is 1. The molecule has 0 aliphatic rings. The van der Waals surface area contributed by atoms with Crippen LogP contribution >= 0.6 is 0 Å². The second kappa shape index (κ2) is 5.48. The molecule has 2 N–H and O–H groups in total. The van der Waals surface area contributed by atoms with Crippen molar-refractivity contribution in [2.75, 3.05) is 13.1 Å². The second-order valence-electron chi connectivity index (χ2n) is 5.89. The average molecular weight is 250 g/mol. The van der Waals surface area contributed by atoms with Crippen LogP contribution in [0, 0.1) is 5.41 Å². The molecule has 1 aromatic rings. The van der Waals surface area contributed by atoms with Crippen molar-refractivity contribution in [2.24, 2.45) is 5.41 Å². The van der Waals surface area contributed by atoms with Crippen molar-refractivity contribution >= 4 is 5.97 Å². The van der Waals surface area contributed by atoms with Gasteiger partial charge in [0.25, 0.3) is 0 Å². The molecular weight excluding hydrogens is 228 g/mol. The summed E-state index contributed by atoms with van der Waals surface area (Å²) in [5.41, 5.74) is 0.140. The maximum atomic E-state index is 11.0. The van der Waals surface area contributed by atoms with E-state index < -0.39 is 11.4 Å². The van der Waals surface area contributed by atoms with Gasteiger partial charge in [-0.15, -0.1) is 0 Å². The molecule has 4 nitrogen and oxygen atoms in total. The molecule has 1 heterocycles. The normalized spacial score (nSPS) is 12.4. The van der Waals surface area contributed by atoms with Crippen molar-refractivity contribution in [1.82, 2.24) is 10.3 Å². The van der Waals surface area contributed by atoms with E-state index in [1.54, 1.807) is 20.0 Å². The van der Waals surface area contributed by atoms with Crippen LogP contribution in [-0.2, 0) is 10.2 Å². The summed E-state index contributed by atoms with van der Waals surface area (Å²) in [6.07, 6.45) is 1.78. The molecule has 0 spiro atoms. The Kier molecular flexibility index (Phi) is 4.46. The zero-order valence-corrected chi connectivity index (χ0v) is 11.5.